The fraction of sp³-hybridized carbons (Fsp3) is 0.429. The third-order valence-electron chi connectivity index (χ3n) is 2.43. The van der Waals surface area contributed by atoms with Crippen molar-refractivity contribution in [2.24, 2.45) is 0 Å². The van der Waals surface area contributed by atoms with Gasteiger partial charge in [0.25, 0.3) is 0 Å². The molecule has 0 aliphatic heterocycles. The third-order valence-corrected chi connectivity index (χ3v) is 3.65. The van der Waals surface area contributed by atoms with Crippen LogP contribution in [0.25, 0.3) is 0 Å². The predicted molar refractivity (Wildman–Crippen MR) is 73.0 cm³/mol. The molecule has 98 valence electrons. The average Bonchev–Trinajstić information content (AvgIpc) is 2.42. The largest absolute Gasteiger partial charge is 0.469 e. The van der Waals surface area contributed by atoms with Crippen molar-refractivity contribution in [1.29, 1.82) is 0 Å². The van der Waals surface area contributed by atoms with Crippen molar-refractivity contribution >= 4 is 23.5 Å². The molecule has 0 spiro atoms. The summed E-state index contributed by atoms with van der Waals surface area (Å²) in [6.07, 6.45) is 1.47. The number of rotatable bonds is 7. The highest BCUT2D eigenvalue weighted by Crippen LogP contribution is 2.19. The van der Waals surface area contributed by atoms with Crippen molar-refractivity contribution in [3.63, 3.8) is 0 Å². The number of hydrogen-bond donors (Lipinski definition) is 0. The van der Waals surface area contributed by atoms with Crippen LogP contribution >= 0.6 is 11.8 Å². The highest BCUT2D eigenvalue weighted by molar-refractivity contribution is 7.99. The summed E-state index contributed by atoms with van der Waals surface area (Å²) in [6, 6.07) is 7.53. The van der Waals surface area contributed by atoms with Gasteiger partial charge in [0, 0.05) is 16.9 Å². The van der Waals surface area contributed by atoms with Gasteiger partial charge in [0.1, 0.15) is 0 Å². The minimum Gasteiger partial charge on any atom is -0.469 e. The minimum atomic E-state index is -0.349. The summed E-state index contributed by atoms with van der Waals surface area (Å²) in [5.74, 6) is 0.709. The van der Waals surface area contributed by atoms with Crippen LogP contribution in [0.1, 0.15) is 36.5 Å². The van der Waals surface area contributed by atoms with Crippen LogP contribution in [0.4, 0.5) is 0 Å². The van der Waals surface area contributed by atoms with Gasteiger partial charge in [-0.1, -0.05) is 19.1 Å². The van der Waals surface area contributed by atoms with E-state index in [-0.39, 0.29) is 24.6 Å². The quantitative estimate of drug-likeness (QED) is 0.431. The van der Waals surface area contributed by atoms with Gasteiger partial charge in [-0.15, -0.1) is 11.8 Å². The number of esters is 1. The van der Waals surface area contributed by atoms with E-state index in [1.54, 1.807) is 11.8 Å². The van der Waals surface area contributed by atoms with Gasteiger partial charge in [0.15, 0.2) is 5.78 Å². The smallest absolute Gasteiger partial charge is 0.305 e. The zero-order valence-electron chi connectivity index (χ0n) is 10.8. The molecule has 0 aliphatic rings. The van der Waals surface area contributed by atoms with Gasteiger partial charge in [0.05, 0.1) is 13.5 Å². The number of carbonyl (C=O) groups is 2. The van der Waals surface area contributed by atoms with Crippen LogP contribution < -0.4 is 0 Å². The first-order valence-corrected chi connectivity index (χ1v) is 6.98. The molecule has 0 bridgehead atoms. The van der Waals surface area contributed by atoms with E-state index in [0.717, 1.165) is 12.2 Å². The Bertz CT molecular complexity index is 398. The molecule has 0 fully saturated rings. The van der Waals surface area contributed by atoms with E-state index in [4.69, 9.17) is 0 Å². The number of ketones is 1. The number of hydrogen-bond acceptors (Lipinski definition) is 4. The van der Waals surface area contributed by atoms with Crippen LogP contribution in [0, 0.1) is 0 Å². The van der Waals surface area contributed by atoms with Gasteiger partial charge in [-0.3, -0.25) is 9.59 Å². The molecule has 0 aromatic heterocycles. The lowest BCUT2D eigenvalue weighted by molar-refractivity contribution is -0.140. The second kappa shape index (κ2) is 7.93. The molecule has 4 heteroatoms. The van der Waals surface area contributed by atoms with E-state index in [1.165, 1.54) is 12.0 Å². The summed E-state index contributed by atoms with van der Waals surface area (Å²) < 4.78 is 4.51. The van der Waals surface area contributed by atoms with Crippen LogP contribution in [0.5, 0.6) is 0 Å². The van der Waals surface area contributed by atoms with Gasteiger partial charge >= 0.3 is 5.97 Å². The number of thioether (sulfide) groups is 1. The van der Waals surface area contributed by atoms with E-state index in [1.807, 2.05) is 24.3 Å². The van der Waals surface area contributed by atoms with Crippen molar-refractivity contribution < 1.29 is 14.3 Å². The van der Waals surface area contributed by atoms with E-state index < -0.39 is 0 Å². The van der Waals surface area contributed by atoms with Crippen molar-refractivity contribution in [3.05, 3.63) is 29.8 Å². The second-order valence-corrected chi connectivity index (χ2v) is 5.04. The maximum absolute atomic E-state index is 11.8. The molecule has 0 saturated heterocycles. The van der Waals surface area contributed by atoms with Crippen molar-refractivity contribution in [2.45, 2.75) is 31.1 Å². The lowest BCUT2D eigenvalue weighted by Gasteiger charge is -2.03. The van der Waals surface area contributed by atoms with Crippen LogP contribution in [-0.4, -0.2) is 24.6 Å². The first-order chi connectivity index (χ1) is 8.67. The normalized spacial score (nSPS) is 10.1. The molecule has 0 saturated carbocycles. The molecule has 1 aromatic rings. The number of Topliss-reactive ketones (excluding diaryl/α,β-unsaturated/α-hetero) is 1. The SMILES string of the molecule is CCCSc1ccc(C(=O)CCC(=O)OC)cc1. The first-order valence-electron chi connectivity index (χ1n) is 6.00. The Hall–Kier alpha value is -1.29. The lowest BCUT2D eigenvalue weighted by atomic mass is 10.1. The van der Waals surface area contributed by atoms with E-state index in [9.17, 15) is 9.59 Å². The molecule has 1 rings (SSSR count). The average molecular weight is 266 g/mol. The van der Waals surface area contributed by atoms with Crippen LogP contribution in [-0.2, 0) is 9.53 Å². The summed E-state index contributed by atoms with van der Waals surface area (Å²) in [5, 5.41) is 0. The molecule has 18 heavy (non-hydrogen) atoms. The van der Waals surface area contributed by atoms with E-state index in [2.05, 4.69) is 11.7 Å². The fourth-order valence-electron chi connectivity index (χ4n) is 1.42. The molecular formula is C14H18O3S. The standard InChI is InChI=1S/C14H18O3S/c1-3-10-18-12-6-4-11(5-7-12)13(15)8-9-14(16)17-2/h4-7H,3,8-10H2,1-2H3. The molecule has 0 aliphatic carbocycles. The Kier molecular flexibility index (Phi) is 6.50. The maximum Gasteiger partial charge on any atom is 0.305 e. The van der Waals surface area contributed by atoms with E-state index >= 15 is 0 Å². The molecule has 0 atom stereocenters. The second-order valence-electron chi connectivity index (χ2n) is 3.87. The van der Waals surface area contributed by atoms with Crippen LogP contribution in [0.3, 0.4) is 0 Å². The zero-order valence-corrected chi connectivity index (χ0v) is 11.6. The van der Waals surface area contributed by atoms with Gasteiger partial charge in [0.2, 0.25) is 0 Å². The maximum atomic E-state index is 11.8. The van der Waals surface area contributed by atoms with Crippen molar-refractivity contribution in [2.75, 3.05) is 12.9 Å². The summed E-state index contributed by atoms with van der Waals surface area (Å²) in [5.41, 5.74) is 0.653. The Morgan fingerprint density at radius 3 is 2.39 bits per heavy atom. The molecule has 0 heterocycles. The Balaban J connectivity index is 2.51. The highest BCUT2D eigenvalue weighted by Gasteiger charge is 2.09. The lowest BCUT2D eigenvalue weighted by Crippen LogP contribution is -2.05. The molecule has 0 N–H and O–H groups in total. The fourth-order valence-corrected chi connectivity index (χ4v) is 2.19. The van der Waals surface area contributed by atoms with Gasteiger partial charge < -0.3 is 4.74 Å². The number of benzene rings is 1. The number of methoxy groups -OCH3 is 1. The molecule has 0 radical (unpaired) electrons. The monoisotopic (exact) mass is 266 g/mol. The molecule has 0 unspecified atom stereocenters. The number of carbonyl (C=O) groups excluding carboxylic acids is 2. The highest BCUT2D eigenvalue weighted by atomic mass is 32.2. The third kappa shape index (κ3) is 4.92. The van der Waals surface area contributed by atoms with Crippen molar-refractivity contribution in [3.8, 4) is 0 Å². The Morgan fingerprint density at radius 2 is 1.83 bits per heavy atom. The summed E-state index contributed by atoms with van der Waals surface area (Å²) >= 11 is 1.78. The zero-order chi connectivity index (χ0) is 13.4. The molecule has 0 amide bonds. The minimum absolute atomic E-state index is 0.0209. The summed E-state index contributed by atoms with van der Waals surface area (Å²) in [7, 11) is 1.33. The molecule has 1 aromatic carbocycles. The molecular weight excluding hydrogens is 248 g/mol. The summed E-state index contributed by atoms with van der Waals surface area (Å²) in [4.78, 5) is 23.9. The predicted octanol–water partition coefficient (Wildman–Crippen LogP) is 3.32. The van der Waals surface area contributed by atoms with E-state index in [0.29, 0.717) is 5.56 Å². The first kappa shape index (κ1) is 14.8. The van der Waals surface area contributed by atoms with Gasteiger partial charge in [-0.05, 0) is 24.3 Å². The van der Waals surface area contributed by atoms with Crippen LogP contribution in [0.15, 0.2) is 29.2 Å². The topological polar surface area (TPSA) is 43.4 Å². The van der Waals surface area contributed by atoms with Crippen molar-refractivity contribution in [1.82, 2.24) is 0 Å². The van der Waals surface area contributed by atoms with Gasteiger partial charge in [-0.25, -0.2) is 0 Å². The summed E-state index contributed by atoms with van der Waals surface area (Å²) in [6.45, 7) is 2.14. The molecule has 3 nitrogen and oxygen atoms in total. The Labute approximate surface area is 112 Å². The van der Waals surface area contributed by atoms with Gasteiger partial charge in [-0.2, -0.15) is 0 Å². The number of ether oxygens (including phenoxy) is 1. The van der Waals surface area contributed by atoms with Crippen LogP contribution in [0.2, 0.25) is 0 Å². The Morgan fingerprint density at radius 1 is 1.17 bits per heavy atom.